The van der Waals surface area contributed by atoms with E-state index in [0.29, 0.717) is 11.3 Å². The summed E-state index contributed by atoms with van der Waals surface area (Å²) < 4.78 is 16.9. The summed E-state index contributed by atoms with van der Waals surface area (Å²) in [6.45, 7) is 5.60. The molecule has 0 N–H and O–H groups in total. The predicted molar refractivity (Wildman–Crippen MR) is 97.3 cm³/mol. The van der Waals surface area contributed by atoms with E-state index in [9.17, 15) is 14.9 Å². The van der Waals surface area contributed by atoms with Crippen LogP contribution in [0.1, 0.15) is 31.9 Å². The smallest absolute Gasteiger partial charge is 0.350 e. The van der Waals surface area contributed by atoms with Crippen LogP contribution in [-0.2, 0) is 19.9 Å². The summed E-state index contributed by atoms with van der Waals surface area (Å²) in [5.74, 6) is -0.313. The molecule has 7 heteroatoms. The minimum absolute atomic E-state index is 0.0785. The van der Waals surface area contributed by atoms with E-state index in [0.717, 1.165) is 0 Å². The van der Waals surface area contributed by atoms with Crippen LogP contribution in [0.5, 0.6) is 5.75 Å². The van der Waals surface area contributed by atoms with Crippen molar-refractivity contribution in [2.75, 3.05) is 7.11 Å². The zero-order valence-electron chi connectivity index (χ0n) is 15.6. The normalized spacial score (nSPS) is 22.4. The van der Waals surface area contributed by atoms with E-state index in [2.05, 4.69) is 0 Å². The highest BCUT2D eigenvalue weighted by atomic mass is 16.8. The van der Waals surface area contributed by atoms with Crippen molar-refractivity contribution < 1.29 is 23.9 Å². The quantitative estimate of drug-likeness (QED) is 0.462. The number of hydrogen-bond donors (Lipinski definition) is 0. The molecule has 1 aliphatic rings. The Morgan fingerprint density at radius 3 is 2.33 bits per heavy atom. The van der Waals surface area contributed by atoms with Gasteiger partial charge < -0.3 is 14.2 Å². The van der Waals surface area contributed by atoms with Crippen LogP contribution < -0.4 is 4.74 Å². The molecule has 0 aliphatic carbocycles. The zero-order valence-corrected chi connectivity index (χ0v) is 15.6. The van der Waals surface area contributed by atoms with Gasteiger partial charge >= 0.3 is 5.97 Å². The Bertz CT molecular complexity index is 874. The van der Waals surface area contributed by atoms with Crippen LogP contribution in [0.2, 0.25) is 0 Å². The van der Waals surface area contributed by atoms with Crippen molar-refractivity contribution >= 4 is 11.7 Å². The molecular weight excluding hydrogens is 350 g/mol. The van der Waals surface area contributed by atoms with E-state index in [1.165, 1.54) is 25.3 Å². The summed E-state index contributed by atoms with van der Waals surface area (Å²) in [6, 6.07) is 12.9. The average Bonchev–Trinajstić information content (AvgIpc) is 3.00. The van der Waals surface area contributed by atoms with Crippen LogP contribution in [0.15, 0.2) is 48.5 Å². The fourth-order valence-electron chi connectivity index (χ4n) is 3.04. The Morgan fingerprint density at radius 1 is 1.15 bits per heavy atom. The number of carbonyl (C=O) groups is 1. The number of nitro benzene ring substituents is 1. The highest BCUT2D eigenvalue weighted by Gasteiger charge is 2.58. The van der Waals surface area contributed by atoms with Gasteiger partial charge in [0.15, 0.2) is 0 Å². The van der Waals surface area contributed by atoms with Crippen molar-refractivity contribution in [1.29, 1.82) is 0 Å². The molecule has 0 saturated carbocycles. The van der Waals surface area contributed by atoms with Crippen molar-refractivity contribution in [2.24, 2.45) is 5.41 Å². The topological polar surface area (TPSA) is 87.9 Å². The number of carbonyl (C=O) groups excluding carboxylic acids is 1. The van der Waals surface area contributed by atoms with Crippen molar-refractivity contribution in [3.63, 3.8) is 0 Å². The number of nitro groups is 1. The summed E-state index contributed by atoms with van der Waals surface area (Å²) in [7, 11) is 1.45. The first-order valence-electron chi connectivity index (χ1n) is 8.47. The number of benzene rings is 2. The Kier molecular flexibility index (Phi) is 4.65. The van der Waals surface area contributed by atoms with E-state index in [1.54, 1.807) is 30.3 Å². The molecule has 7 nitrogen and oxygen atoms in total. The first-order chi connectivity index (χ1) is 12.7. The number of nitrogens with zero attached hydrogens (tertiary/aromatic N) is 1. The molecule has 3 rings (SSSR count). The summed E-state index contributed by atoms with van der Waals surface area (Å²) >= 11 is 0. The maximum atomic E-state index is 13.1. The van der Waals surface area contributed by atoms with Gasteiger partial charge in [0.1, 0.15) is 5.75 Å². The van der Waals surface area contributed by atoms with Gasteiger partial charge in [0.05, 0.1) is 17.6 Å². The standard InChI is InChI=1S/C20H21NO6/c1-19(2,3)18-26-17(22)20(27-18,13-8-6-5-7-9-13)15-12-14(25-4)10-11-16(15)21(23)24/h5-12,18H,1-4H3/t18-,20-/m1/s1. The summed E-state index contributed by atoms with van der Waals surface area (Å²) in [6.07, 6.45) is -0.865. The van der Waals surface area contributed by atoms with Crippen LogP contribution in [0.4, 0.5) is 5.69 Å². The SMILES string of the molecule is COc1ccc([N+](=O)[O-])c([C@@]2(c3ccccc3)O[C@H](C(C)(C)C)OC2=O)c1. The lowest BCUT2D eigenvalue weighted by Crippen LogP contribution is -2.37. The van der Waals surface area contributed by atoms with Gasteiger partial charge in [-0.2, -0.15) is 0 Å². The molecule has 0 aromatic heterocycles. The first kappa shape index (κ1) is 18.8. The summed E-state index contributed by atoms with van der Waals surface area (Å²) in [5, 5.41) is 11.7. The van der Waals surface area contributed by atoms with E-state index < -0.39 is 28.2 Å². The zero-order chi connectivity index (χ0) is 19.8. The second kappa shape index (κ2) is 6.66. The lowest BCUT2D eigenvalue weighted by atomic mass is 9.85. The van der Waals surface area contributed by atoms with Gasteiger partial charge in [0.2, 0.25) is 11.9 Å². The third-order valence-electron chi connectivity index (χ3n) is 4.45. The number of esters is 1. The Labute approximate surface area is 157 Å². The van der Waals surface area contributed by atoms with E-state index >= 15 is 0 Å². The average molecular weight is 371 g/mol. The molecule has 0 bridgehead atoms. The number of methoxy groups -OCH3 is 1. The molecule has 1 heterocycles. The Morgan fingerprint density at radius 2 is 1.81 bits per heavy atom. The minimum Gasteiger partial charge on any atom is -0.497 e. The molecule has 0 radical (unpaired) electrons. The molecule has 0 unspecified atom stereocenters. The second-order valence-electron chi connectivity index (χ2n) is 7.41. The van der Waals surface area contributed by atoms with Crippen LogP contribution >= 0.6 is 0 Å². The van der Waals surface area contributed by atoms with Gasteiger partial charge in [0.25, 0.3) is 5.69 Å². The molecule has 1 aliphatic heterocycles. The van der Waals surface area contributed by atoms with Gasteiger partial charge in [-0.15, -0.1) is 0 Å². The first-order valence-corrected chi connectivity index (χ1v) is 8.47. The predicted octanol–water partition coefficient (Wildman–Crippen LogP) is 3.79. The molecule has 142 valence electrons. The van der Waals surface area contributed by atoms with Crippen molar-refractivity contribution in [3.05, 3.63) is 69.8 Å². The van der Waals surface area contributed by atoms with E-state index in [4.69, 9.17) is 14.2 Å². The third-order valence-corrected chi connectivity index (χ3v) is 4.45. The molecule has 27 heavy (non-hydrogen) atoms. The molecule has 2 atom stereocenters. The minimum atomic E-state index is -1.75. The fourth-order valence-corrected chi connectivity index (χ4v) is 3.04. The monoisotopic (exact) mass is 371 g/mol. The molecule has 1 saturated heterocycles. The molecule has 2 aromatic rings. The van der Waals surface area contributed by atoms with Gasteiger partial charge in [-0.1, -0.05) is 51.1 Å². The molecule has 0 amide bonds. The maximum absolute atomic E-state index is 13.1. The highest BCUT2D eigenvalue weighted by molar-refractivity contribution is 5.89. The summed E-state index contributed by atoms with van der Waals surface area (Å²) in [4.78, 5) is 24.3. The van der Waals surface area contributed by atoms with Crippen LogP contribution in [-0.4, -0.2) is 24.3 Å². The van der Waals surface area contributed by atoms with Gasteiger partial charge in [-0.3, -0.25) is 10.1 Å². The third kappa shape index (κ3) is 3.14. The van der Waals surface area contributed by atoms with E-state index in [1.807, 2.05) is 20.8 Å². The van der Waals surface area contributed by atoms with Crippen molar-refractivity contribution in [2.45, 2.75) is 32.7 Å². The number of hydrogen-bond acceptors (Lipinski definition) is 6. The lowest BCUT2D eigenvalue weighted by Gasteiger charge is -2.29. The molecule has 2 aromatic carbocycles. The molecule has 0 spiro atoms. The lowest BCUT2D eigenvalue weighted by molar-refractivity contribution is -0.386. The molecule has 1 fully saturated rings. The van der Waals surface area contributed by atoms with Crippen LogP contribution in [0, 0.1) is 15.5 Å². The van der Waals surface area contributed by atoms with Gasteiger partial charge in [-0.25, -0.2) is 4.79 Å². The number of rotatable bonds is 4. The van der Waals surface area contributed by atoms with Crippen molar-refractivity contribution in [1.82, 2.24) is 0 Å². The number of ether oxygens (including phenoxy) is 3. The van der Waals surface area contributed by atoms with Crippen LogP contribution in [0.25, 0.3) is 0 Å². The van der Waals surface area contributed by atoms with Gasteiger partial charge in [-0.05, 0) is 12.1 Å². The Balaban J connectivity index is 2.31. The van der Waals surface area contributed by atoms with E-state index in [-0.39, 0.29) is 11.3 Å². The van der Waals surface area contributed by atoms with Crippen molar-refractivity contribution in [3.8, 4) is 5.75 Å². The largest absolute Gasteiger partial charge is 0.497 e. The summed E-state index contributed by atoms with van der Waals surface area (Å²) in [5.41, 5.74) is -1.98. The number of cyclic esters (lactones) is 1. The molecular formula is C20H21NO6. The highest BCUT2D eigenvalue weighted by Crippen LogP contribution is 2.48. The second-order valence-corrected chi connectivity index (χ2v) is 7.41. The van der Waals surface area contributed by atoms with Gasteiger partial charge in [0, 0.05) is 17.0 Å². The fraction of sp³-hybridized carbons (Fsp3) is 0.350. The maximum Gasteiger partial charge on any atom is 0.350 e. The Hall–Kier alpha value is -2.93. The van der Waals surface area contributed by atoms with Crippen LogP contribution in [0.3, 0.4) is 0 Å².